The van der Waals surface area contributed by atoms with Crippen molar-refractivity contribution in [3.63, 3.8) is 0 Å². The average molecular weight is 341 g/mol. The van der Waals surface area contributed by atoms with Gasteiger partial charge >= 0.3 is 0 Å². The summed E-state index contributed by atoms with van der Waals surface area (Å²) in [5, 5.41) is 5.33. The monoisotopic (exact) mass is 339 g/mol. The number of benzene rings is 2. The summed E-state index contributed by atoms with van der Waals surface area (Å²) < 4.78 is 5.24. The molecule has 0 aliphatic carbocycles. The molecule has 1 heterocycles. The summed E-state index contributed by atoms with van der Waals surface area (Å²) in [6.45, 7) is 0. The van der Waals surface area contributed by atoms with Crippen LogP contribution in [0.25, 0.3) is 22.8 Å². The Morgan fingerprint density at radius 2 is 1.76 bits per heavy atom. The first-order valence-electron chi connectivity index (χ1n) is 5.89. The maximum absolute atomic E-state index is 5.98. The molecule has 106 valence electrons. The number of nitrogens with zero attached hydrogens (tertiary/aromatic N) is 2. The van der Waals surface area contributed by atoms with E-state index >= 15 is 0 Å². The number of halogens is 3. The SMILES string of the molecule is Nc1ccc(Cl)cc1-c1nc(-c2ccc(Cl)c(Cl)c2)no1. The summed E-state index contributed by atoms with van der Waals surface area (Å²) >= 11 is 17.8. The highest BCUT2D eigenvalue weighted by Crippen LogP contribution is 2.31. The third kappa shape index (κ3) is 2.83. The molecule has 21 heavy (non-hydrogen) atoms. The lowest BCUT2D eigenvalue weighted by molar-refractivity contribution is 0.432. The zero-order valence-corrected chi connectivity index (χ0v) is 12.7. The predicted molar refractivity (Wildman–Crippen MR) is 84.6 cm³/mol. The summed E-state index contributed by atoms with van der Waals surface area (Å²) in [4.78, 5) is 4.31. The maximum atomic E-state index is 5.98. The Kier molecular flexibility index (Phi) is 3.76. The second-order valence-corrected chi connectivity index (χ2v) is 5.53. The third-order valence-corrected chi connectivity index (χ3v) is 3.82. The summed E-state index contributed by atoms with van der Waals surface area (Å²) in [6.07, 6.45) is 0. The molecule has 0 amide bonds. The molecular weight excluding hydrogens is 333 g/mol. The molecule has 7 heteroatoms. The van der Waals surface area contributed by atoms with E-state index < -0.39 is 0 Å². The van der Waals surface area contributed by atoms with Crippen molar-refractivity contribution in [1.82, 2.24) is 10.1 Å². The van der Waals surface area contributed by atoms with Crippen molar-refractivity contribution in [3.8, 4) is 22.8 Å². The zero-order chi connectivity index (χ0) is 15.0. The molecule has 0 spiro atoms. The van der Waals surface area contributed by atoms with E-state index in [0.29, 0.717) is 37.7 Å². The molecule has 1 aromatic heterocycles. The second kappa shape index (κ2) is 5.56. The molecular formula is C14H8Cl3N3O. The molecule has 3 aromatic rings. The van der Waals surface area contributed by atoms with E-state index in [-0.39, 0.29) is 5.89 Å². The number of nitrogens with two attached hydrogens (primary N) is 1. The topological polar surface area (TPSA) is 64.9 Å². The Balaban J connectivity index is 2.03. The minimum absolute atomic E-state index is 0.288. The lowest BCUT2D eigenvalue weighted by Gasteiger charge is -2.00. The van der Waals surface area contributed by atoms with E-state index in [9.17, 15) is 0 Å². The van der Waals surface area contributed by atoms with E-state index in [0.717, 1.165) is 0 Å². The summed E-state index contributed by atoms with van der Waals surface area (Å²) in [5.41, 5.74) is 7.67. The first-order valence-corrected chi connectivity index (χ1v) is 7.02. The van der Waals surface area contributed by atoms with Crippen LogP contribution in [-0.4, -0.2) is 10.1 Å². The Morgan fingerprint density at radius 1 is 0.952 bits per heavy atom. The summed E-state index contributed by atoms with van der Waals surface area (Å²) in [5.74, 6) is 0.680. The van der Waals surface area contributed by atoms with Crippen LogP contribution in [0.2, 0.25) is 15.1 Å². The highest BCUT2D eigenvalue weighted by Gasteiger charge is 2.14. The van der Waals surface area contributed by atoms with Crippen LogP contribution in [-0.2, 0) is 0 Å². The van der Waals surface area contributed by atoms with Gasteiger partial charge in [-0.1, -0.05) is 40.0 Å². The first-order chi connectivity index (χ1) is 10.0. The van der Waals surface area contributed by atoms with E-state index in [4.69, 9.17) is 45.1 Å². The van der Waals surface area contributed by atoms with E-state index in [1.165, 1.54) is 0 Å². The van der Waals surface area contributed by atoms with Gasteiger partial charge in [-0.05, 0) is 36.4 Å². The van der Waals surface area contributed by atoms with Gasteiger partial charge in [0.25, 0.3) is 5.89 Å². The van der Waals surface area contributed by atoms with Gasteiger partial charge in [0.1, 0.15) is 0 Å². The van der Waals surface area contributed by atoms with Gasteiger partial charge in [-0.25, -0.2) is 0 Å². The van der Waals surface area contributed by atoms with Gasteiger partial charge in [0.05, 0.1) is 15.6 Å². The fraction of sp³-hybridized carbons (Fsp3) is 0. The lowest BCUT2D eigenvalue weighted by atomic mass is 10.2. The molecule has 0 atom stereocenters. The Morgan fingerprint density at radius 3 is 2.52 bits per heavy atom. The molecule has 4 nitrogen and oxygen atoms in total. The van der Waals surface area contributed by atoms with Crippen molar-refractivity contribution in [2.45, 2.75) is 0 Å². The van der Waals surface area contributed by atoms with Crippen LogP contribution in [0.5, 0.6) is 0 Å². The Labute approximate surface area is 135 Å². The smallest absolute Gasteiger partial charge is 0.260 e. The van der Waals surface area contributed by atoms with Crippen LogP contribution >= 0.6 is 34.8 Å². The van der Waals surface area contributed by atoms with Gasteiger partial charge in [0, 0.05) is 16.3 Å². The number of anilines is 1. The number of aromatic nitrogens is 2. The van der Waals surface area contributed by atoms with Crippen molar-refractivity contribution in [2.75, 3.05) is 5.73 Å². The molecule has 2 N–H and O–H groups in total. The van der Waals surface area contributed by atoms with Crippen molar-refractivity contribution >= 4 is 40.5 Å². The Bertz CT molecular complexity index is 817. The zero-order valence-electron chi connectivity index (χ0n) is 10.5. The summed E-state index contributed by atoms with van der Waals surface area (Å²) in [6, 6.07) is 10.1. The second-order valence-electron chi connectivity index (χ2n) is 4.28. The van der Waals surface area contributed by atoms with Crippen molar-refractivity contribution < 1.29 is 4.52 Å². The number of hydrogen-bond donors (Lipinski definition) is 1. The lowest BCUT2D eigenvalue weighted by Crippen LogP contribution is -1.90. The molecule has 0 aliphatic heterocycles. The number of rotatable bonds is 2. The molecule has 0 aliphatic rings. The van der Waals surface area contributed by atoms with Crippen molar-refractivity contribution in [2.24, 2.45) is 0 Å². The van der Waals surface area contributed by atoms with E-state index in [1.54, 1.807) is 36.4 Å². The van der Waals surface area contributed by atoms with Gasteiger partial charge in [0.2, 0.25) is 5.82 Å². The minimum atomic E-state index is 0.288. The highest BCUT2D eigenvalue weighted by molar-refractivity contribution is 6.42. The fourth-order valence-electron chi connectivity index (χ4n) is 1.80. The summed E-state index contributed by atoms with van der Waals surface area (Å²) in [7, 11) is 0. The molecule has 0 saturated heterocycles. The quantitative estimate of drug-likeness (QED) is 0.671. The van der Waals surface area contributed by atoms with Crippen LogP contribution in [0.15, 0.2) is 40.9 Å². The fourth-order valence-corrected chi connectivity index (χ4v) is 2.27. The van der Waals surface area contributed by atoms with Gasteiger partial charge < -0.3 is 10.3 Å². The van der Waals surface area contributed by atoms with E-state index in [2.05, 4.69) is 10.1 Å². The number of hydrogen-bond acceptors (Lipinski definition) is 4. The van der Waals surface area contributed by atoms with Gasteiger partial charge in [-0.2, -0.15) is 4.98 Å². The normalized spacial score (nSPS) is 10.8. The van der Waals surface area contributed by atoms with Crippen LogP contribution in [0.1, 0.15) is 0 Å². The van der Waals surface area contributed by atoms with Gasteiger partial charge in [-0.15, -0.1) is 0 Å². The standard InChI is InChI=1S/C14H8Cl3N3O/c15-8-2-4-12(18)9(6-8)14-19-13(20-21-14)7-1-3-10(16)11(17)5-7/h1-6H,18H2. The van der Waals surface area contributed by atoms with E-state index in [1.807, 2.05) is 0 Å². The van der Waals surface area contributed by atoms with Crippen LogP contribution < -0.4 is 5.73 Å². The predicted octanol–water partition coefficient (Wildman–Crippen LogP) is 4.95. The molecule has 0 saturated carbocycles. The highest BCUT2D eigenvalue weighted by atomic mass is 35.5. The maximum Gasteiger partial charge on any atom is 0.260 e. The molecule has 0 unspecified atom stereocenters. The molecule has 0 radical (unpaired) electrons. The van der Waals surface area contributed by atoms with Crippen molar-refractivity contribution in [3.05, 3.63) is 51.5 Å². The van der Waals surface area contributed by atoms with Crippen LogP contribution in [0, 0.1) is 0 Å². The largest absolute Gasteiger partial charge is 0.398 e. The Hall–Kier alpha value is -1.75. The van der Waals surface area contributed by atoms with Crippen LogP contribution in [0.4, 0.5) is 5.69 Å². The van der Waals surface area contributed by atoms with Gasteiger partial charge in [0.15, 0.2) is 0 Å². The van der Waals surface area contributed by atoms with Crippen molar-refractivity contribution in [1.29, 1.82) is 0 Å². The molecule has 3 rings (SSSR count). The van der Waals surface area contributed by atoms with Crippen LogP contribution in [0.3, 0.4) is 0 Å². The molecule has 0 fully saturated rings. The minimum Gasteiger partial charge on any atom is -0.398 e. The third-order valence-electron chi connectivity index (χ3n) is 2.85. The van der Waals surface area contributed by atoms with Gasteiger partial charge in [-0.3, -0.25) is 0 Å². The average Bonchev–Trinajstić information content (AvgIpc) is 2.94. The molecule has 2 aromatic carbocycles. The molecule has 0 bridgehead atoms. The first kappa shape index (κ1) is 14.2. The number of nitrogen functional groups attached to an aromatic ring is 1.